The summed E-state index contributed by atoms with van der Waals surface area (Å²) in [7, 11) is 0. The van der Waals surface area contributed by atoms with Crippen LogP contribution in [0.4, 0.5) is 0 Å². The number of aromatic hydroxyl groups is 1. The van der Waals surface area contributed by atoms with Gasteiger partial charge in [-0.15, -0.1) is 0 Å². The van der Waals surface area contributed by atoms with Crippen LogP contribution in [0.5, 0.6) is 17.2 Å². The van der Waals surface area contributed by atoms with Gasteiger partial charge in [0.1, 0.15) is 17.5 Å². The minimum absolute atomic E-state index is 0.109. The summed E-state index contributed by atoms with van der Waals surface area (Å²) in [5.74, 6) is -1.34. The first-order valence-electron chi connectivity index (χ1n) is 9.27. The highest BCUT2D eigenvalue weighted by Gasteiger charge is 2.19. The van der Waals surface area contributed by atoms with E-state index in [1.165, 1.54) is 0 Å². The summed E-state index contributed by atoms with van der Waals surface area (Å²) in [4.78, 5) is 34.5. The first-order valence-corrected chi connectivity index (χ1v) is 10.9. The molecule has 166 valence electrons. The van der Waals surface area contributed by atoms with E-state index in [0.29, 0.717) is 26.0 Å². The molecule has 2 aromatic rings. The minimum atomic E-state index is -1.37. The van der Waals surface area contributed by atoms with Crippen LogP contribution in [0.1, 0.15) is 37.3 Å². The number of carboxylic acids is 1. The Morgan fingerprint density at radius 1 is 1.10 bits per heavy atom. The van der Waals surface area contributed by atoms with Crippen LogP contribution in [0.3, 0.4) is 0 Å². The molecule has 0 fully saturated rings. The Hall–Kier alpha value is -2.43. The lowest BCUT2D eigenvalue weighted by atomic mass is 10.0. The predicted molar refractivity (Wildman–Crippen MR) is 121 cm³/mol. The normalized spacial score (nSPS) is 11.8. The molecule has 1 atom stereocenters. The number of nitrogens with two attached hydrogens (primary N) is 1. The average molecular weight is 558 g/mol. The molecule has 2 rings (SSSR count). The van der Waals surface area contributed by atoms with Gasteiger partial charge in [-0.2, -0.15) is 0 Å². The van der Waals surface area contributed by atoms with Crippen LogP contribution in [0.25, 0.3) is 0 Å². The van der Waals surface area contributed by atoms with Gasteiger partial charge in [0, 0.05) is 5.56 Å². The molecule has 0 bridgehead atoms. The van der Waals surface area contributed by atoms with Crippen molar-refractivity contribution in [2.75, 3.05) is 0 Å². The van der Waals surface area contributed by atoms with Gasteiger partial charge >= 0.3 is 5.97 Å². The van der Waals surface area contributed by atoms with E-state index in [0.717, 1.165) is 5.56 Å². The number of carbonyl (C=O) groups excluding carboxylic acids is 2. The molecule has 0 aromatic heterocycles. The van der Waals surface area contributed by atoms with Crippen molar-refractivity contribution in [2.45, 2.75) is 38.6 Å². The molecule has 0 saturated carbocycles. The predicted octanol–water partition coefficient (Wildman–Crippen LogP) is 3.82. The number of carbonyl (C=O) groups is 3. The van der Waals surface area contributed by atoms with Gasteiger partial charge in [0.15, 0.2) is 5.75 Å². The summed E-state index contributed by atoms with van der Waals surface area (Å²) in [6.45, 7) is 3.93. The van der Waals surface area contributed by atoms with Crippen molar-refractivity contribution >= 4 is 49.6 Å². The fraction of sp³-hybridized carbons (Fsp3) is 0.286. The van der Waals surface area contributed by atoms with Gasteiger partial charge < -0.3 is 20.7 Å². The second kappa shape index (κ2) is 10.7. The van der Waals surface area contributed by atoms with E-state index in [2.05, 4.69) is 37.2 Å². The number of amides is 2. The Morgan fingerprint density at radius 2 is 1.71 bits per heavy atom. The van der Waals surface area contributed by atoms with Crippen molar-refractivity contribution in [3.63, 3.8) is 0 Å². The van der Waals surface area contributed by atoms with Gasteiger partial charge in [-0.25, -0.2) is 0 Å². The van der Waals surface area contributed by atoms with Crippen molar-refractivity contribution in [3.05, 3.63) is 50.4 Å². The third kappa shape index (κ3) is 7.05. The van der Waals surface area contributed by atoms with Crippen LogP contribution >= 0.6 is 31.9 Å². The highest BCUT2D eigenvalue weighted by molar-refractivity contribution is 9.11. The van der Waals surface area contributed by atoms with E-state index in [-0.39, 0.29) is 18.1 Å². The molecule has 31 heavy (non-hydrogen) atoms. The van der Waals surface area contributed by atoms with E-state index in [1.54, 1.807) is 30.3 Å². The number of nitrogens with one attached hydrogen (secondary N) is 1. The third-order valence-corrected chi connectivity index (χ3v) is 5.44. The molecule has 0 aliphatic heterocycles. The minimum Gasteiger partial charge on any atom is -0.508 e. The van der Waals surface area contributed by atoms with Crippen molar-refractivity contribution < 1.29 is 29.3 Å². The Kier molecular flexibility index (Phi) is 8.60. The lowest BCUT2D eigenvalue weighted by Crippen LogP contribution is -2.39. The van der Waals surface area contributed by atoms with Gasteiger partial charge in [-0.05, 0) is 73.7 Å². The highest BCUT2D eigenvalue weighted by Crippen LogP contribution is 2.39. The molecule has 0 saturated heterocycles. The largest absolute Gasteiger partial charge is 0.508 e. The second-order valence-corrected chi connectivity index (χ2v) is 8.87. The van der Waals surface area contributed by atoms with Gasteiger partial charge in [-0.1, -0.05) is 13.8 Å². The summed E-state index contributed by atoms with van der Waals surface area (Å²) in [6, 6.07) is 6.96. The standard InChI is InChI=1S/C21H22Br2N2O6/c1-10(2)13-8-12(3-4-17(13)26)31-20-14(22)5-11(6-15(20)23)7-18(27)25-19(28)9-16(24)21(29)30/h3-6,8,10,16,26H,7,9,24H2,1-2H3,(H,29,30)(H,25,27,28). The lowest BCUT2D eigenvalue weighted by molar-refractivity contribution is -0.141. The van der Waals surface area contributed by atoms with Gasteiger partial charge in [0.05, 0.1) is 21.8 Å². The smallest absolute Gasteiger partial charge is 0.321 e. The molecule has 8 nitrogen and oxygen atoms in total. The Balaban J connectivity index is 2.10. The van der Waals surface area contributed by atoms with Crippen LogP contribution < -0.4 is 15.8 Å². The summed E-state index contributed by atoms with van der Waals surface area (Å²) < 4.78 is 7.09. The number of aliphatic carboxylic acids is 1. The zero-order valence-corrected chi connectivity index (χ0v) is 20.0. The van der Waals surface area contributed by atoms with Gasteiger partial charge in [-0.3, -0.25) is 19.7 Å². The molecule has 0 aliphatic rings. The second-order valence-electron chi connectivity index (χ2n) is 7.16. The molecule has 2 aromatic carbocycles. The first kappa shape index (κ1) is 24.8. The highest BCUT2D eigenvalue weighted by atomic mass is 79.9. The molecule has 1 unspecified atom stereocenters. The summed E-state index contributed by atoms with van der Waals surface area (Å²) in [5, 5.41) is 20.8. The zero-order valence-electron chi connectivity index (χ0n) is 16.8. The van der Waals surface area contributed by atoms with Crippen molar-refractivity contribution in [2.24, 2.45) is 5.73 Å². The number of hydrogen-bond acceptors (Lipinski definition) is 6. The topological polar surface area (TPSA) is 139 Å². The van der Waals surface area contributed by atoms with Gasteiger partial charge in [0.2, 0.25) is 11.8 Å². The number of phenolic OH excluding ortho intramolecular Hbond substituents is 1. The van der Waals surface area contributed by atoms with Crippen molar-refractivity contribution in [1.82, 2.24) is 5.32 Å². The average Bonchev–Trinajstić information content (AvgIpc) is 2.65. The van der Waals surface area contributed by atoms with Crippen LogP contribution in [0, 0.1) is 0 Å². The number of halogens is 2. The van der Waals surface area contributed by atoms with Crippen LogP contribution in [0.2, 0.25) is 0 Å². The fourth-order valence-electron chi connectivity index (χ4n) is 2.71. The SMILES string of the molecule is CC(C)c1cc(Oc2c(Br)cc(CC(=O)NC(=O)CC(N)C(=O)O)cc2Br)ccc1O. The molecule has 10 heteroatoms. The first-order chi connectivity index (χ1) is 14.5. The number of ether oxygens (including phenoxy) is 1. The van der Waals surface area contributed by atoms with E-state index in [1.807, 2.05) is 13.8 Å². The lowest BCUT2D eigenvalue weighted by Gasteiger charge is -2.14. The number of rotatable bonds is 8. The molecule has 0 heterocycles. The van der Waals surface area contributed by atoms with Crippen molar-refractivity contribution in [3.8, 4) is 17.2 Å². The fourth-order valence-corrected chi connectivity index (χ4v) is 4.15. The monoisotopic (exact) mass is 556 g/mol. The zero-order chi connectivity index (χ0) is 23.3. The molecule has 5 N–H and O–H groups in total. The third-order valence-electron chi connectivity index (χ3n) is 4.27. The summed E-state index contributed by atoms with van der Waals surface area (Å²) >= 11 is 6.84. The maximum absolute atomic E-state index is 12.1. The molecule has 0 aliphatic carbocycles. The summed E-state index contributed by atoms with van der Waals surface area (Å²) in [6.07, 6.45) is -0.603. The maximum Gasteiger partial charge on any atom is 0.321 e. The van der Waals surface area contributed by atoms with Gasteiger partial charge in [0.25, 0.3) is 0 Å². The number of phenols is 1. The Bertz CT molecular complexity index is 986. The number of hydrogen-bond donors (Lipinski definition) is 4. The van der Waals surface area contributed by atoms with Crippen LogP contribution in [-0.4, -0.2) is 34.0 Å². The maximum atomic E-state index is 12.1. The number of imide groups is 1. The molecule has 2 amide bonds. The quantitative estimate of drug-likeness (QED) is 0.387. The molecular formula is C21H22Br2N2O6. The van der Waals surface area contributed by atoms with E-state index in [4.69, 9.17) is 15.6 Å². The Morgan fingerprint density at radius 3 is 2.26 bits per heavy atom. The van der Waals surface area contributed by atoms with Crippen molar-refractivity contribution in [1.29, 1.82) is 0 Å². The number of benzene rings is 2. The van der Waals surface area contributed by atoms with E-state index in [9.17, 15) is 19.5 Å². The molecule has 0 spiro atoms. The Labute approximate surface area is 196 Å². The van der Waals surface area contributed by atoms with Crippen LogP contribution in [0.15, 0.2) is 39.3 Å². The number of carboxylic acid groups (broad SMARTS) is 1. The molecule has 0 radical (unpaired) electrons. The van der Waals surface area contributed by atoms with Crippen LogP contribution in [-0.2, 0) is 20.8 Å². The van der Waals surface area contributed by atoms with E-state index < -0.39 is 30.2 Å². The van der Waals surface area contributed by atoms with E-state index >= 15 is 0 Å². The summed E-state index contributed by atoms with van der Waals surface area (Å²) in [5.41, 5.74) is 6.63. The molecular weight excluding hydrogens is 536 g/mol.